The van der Waals surface area contributed by atoms with Crippen molar-refractivity contribution in [2.24, 2.45) is 0 Å². The zero-order chi connectivity index (χ0) is 19.9. The van der Waals surface area contributed by atoms with E-state index >= 15 is 0 Å². The van der Waals surface area contributed by atoms with E-state index in [-0.39, 0.29) is 24.1 Å². The van der Waals surface area contributed by atoms with Crippen molar-refractivity contribution < 1.29 is 14.3 Å². The van der Waals surface area contributed by atoms with Crippen LogP contribution in [0.15, 0.2) is 59.9 Å². The van der Waals surface area contributed by atoms with E-state index in [1.807, 2.05) is 22.8 Å². The number of rotatable bonds is 8. The number of amides is 1. The number of carbonyl (C=O) groups is 1. The molecule has 0 aliphatic heterocycles. The van der Waals surface area contributed by atoms with Gasteiger partial charge in [-0.25, -0.2) is 9.37 Å². The minimum atomic E-state index is -0.304. The Morgan fingerprint density at radius 3 is 2.68 bits per heavy atom. The summed E-state index contributed by atoms with van der Waals surface area (Å²) in [5, 5.41) is 13.6. The van der Waals surface area contributed by atoms with E-state index in [4.69, 9.17) is 11.6 Å². The lowest BCUT2D eigenvalue weighted by atomic mass is 10.2. The molecule has 0 atom stereocenters. The van der Waals surface area contributed by atoms with Crippen LogP contribution in [0.3, 0.4) is 0 Å². The Hall–Kier alpha value is -2.35. The Kier molecular flexibility index (Phi) is 7.08. The summed E-state index contributed by atoms with van der Waals surface area (Å²) < 4.78 is 14.9. The van der Waals surface area contributed by atoms with Crippen LogP contribution in [-0.2, 0) is 24.5 Å². The first-order valence-corrected chi connectivity index (χ1v) is 9.96. The van der Waals surface area contributed by atoms with Crippen LogP contribution in [0.1, 0.15) is 16.8 Å². The second kappa shape index (κ2) is 9.73. The molecule has 0 bridgehead atoms. The number of imidazole rings is 1. The van der Waals surface area contributed by atoms with Gasteiger partial charge < -0.3 is 15.0 Å². The van der Waals surface area contributed by atoms with Gasteiger partial charge in [-0.05, 0) is 29.3 Å². The largest absolute Gasteiger partial charge is 0.390 e. The van der Waals surface area contributed by atoms with Gasteiger partial charge in [-0.15, -0.1) is 0 Å². The van der Waals surface area contributed by atoms with Gasteiger partial charge in [0.05, 0.1) is 24.3 Å². The second-order valence-electron chi connectivity index (χ2n) is 6.06. The van der Waals surface area contributed by atoms with Crippen LogP contribution in [0.25, 0.3) is 0 Å². The first-order valence-electron chi connectivity index (χ1n) is 8.59. The normalized spacial score (nSPS) is 10.8. The van der Waals surface area contributed by atoms with Gasteiger partial charge in [0.15, 0.2) is 5.16 Å². The summed E-state index contributed by atoms with van der Waals surface area (Å²) in [5.74, 6) is -0.274. The number of halogens is 2. The van der Waals surface area contributed by atoms with Crippen molar-refractivity contribution in [3.05, 3.63) is 82.4 Å². The molecule has 1 amide bonds. The molecule has 3 aromatic rings. The van der Waals surface area contributed by atoms with Crippen molar-refractivity contribution in [3.8, 4) is 0 Å². The van der Waals surface area contributed by atoms with Crippen LogP contribution < -0.4 is 5.32 Å². The molecule has 28 heavy (non-hydrogen) atoms. The van der Waals surface area contributed by atoms with Gasteiger partial charge >= 0.3 is 0 Å². The molecule has 1 heterocycles. The van der Waals surface area contributed by atoms with Crippen LogP contribution in [0, 0.1) is 5.82 Å². The molecule has 0 unspecified atom stereocenters. The topological polar surface area (TPSA) is 67.1 Å². The lowest BCUT2D eigenvalue weighted by molar-refractivity contribution is -0.118. The average Bonchev–Trinajstić information content (AvgIpc) is 3.09. The van der Waals surface area contributed by atoms with Crippen molar-refractivity contribution in [1.29, 1.82) is 0 Å². The van der Waals surface area contributed by atoms with Crippen LogP contribution in [0.4, 0.5) is 4.39 Å². The summed E-state index contributed by atoms with van der Waals surface area (Å²) in [6.45, 7) is 0.609. The minimum absolute atomic E-state index is 0.146. The van der Waals surface area contributed by atoms with E-state index in [0.29, 0.717) is 29.0 Å². The Morgan fingerprint density at radius 2 is 1.96 bits per heavy atom. The van der Waals surface area contributed by atoms with Gasteiger partial charge in [0.1, 0.15) is 5.82 Å². The molecule has 2 N–H and O–H groups in total. The monoisotopic (exact) mass is 419 g/mol. The quantitative estimate of drug-likeness (QED) is 0.547. The summed E-state index contributed by atoms with van der Waals surface area (Å²) in [7, 11) is 0. The first-order chi connectivity index (χ1) is 13.6. The van der Waals surface area contributed by atoms with Gasteiger partial charge in [-0.2, -0.15) is 0 Å². The fourth-order valence-corrected chi connectivity index (χ4v) is 3.62. The molecule has 0 saturated heterocycles. The molecule has 0 fully saturated rings. The number of thioether (sulfide) groups is 1. The third-order valence-corrected chi connectivity index (χ3v) is 5.44. The summed E-state index contributed by atoms with van der Waals surface area (Å²) in [6.07, 6.45) is 1.58. The van der Waals surface area contributed by atoms with E-state index < -0.39 is 0 Å². The van der Waals surface area contributed by atoms with Crippen molar-refractivity contribution in [1.82, 2.24) is 14.9 Å². The molecule has 0 saturated carbocycles. The highest BCUT2D eigenvalue weighted by Crippen LogP contribution is 2.21. The highest BCUT2D eigenvalue weighted by atomic mass is 35.5. The Bertz CT molecular complexity index is 947. The fraction of sp³-hybridized carbons (Fsp3) is 0.200. The molecule has 1 aromatic heterocycles. The maximum Gasteiger partial charge on any atom is 0.230 e. The Balaban J connectivity index is 1.60. The van der Waals surface area contributed by atoms with E-state index in [1.54, 1.807) is 24.4 Å². The average molecular weight is 420 g/mol. The third-order valence-electron chi connectivity index (χ3n) is 4.08. The van der Waals surface area contributed by atoms with E-state index in [0.717, 1.165) is 11.1 Å². The molecule has 146 valence electrons. The lowest BCUT2D eigenvalue weighted by Gasteiger charge is -2.11. The zero-order valence-corrected chi connectivity index (χ0v) is 16.5. The molecular weight excluding hydrogens is 401 g/mol. The van der Waals surface area contributed by atoms with E-state index in [1.165, 1.54) is 23.9 Å². The van der Waals surface area contributed by atoms with Gasteiger partial charge in [-0.1, -0.05) is 53.7 Å². The van der Waals surface area contributed by atoms with Crippen LogP contribution in [-0.4, -0.2) is 26.3 Å². The van der Waals surface area contributed by atoms with Gasteiger partial charge in [0.25, 0.3) is 0 Å². The molecule has 0 aliphatic carbocycles. The Morgan fingerprint density at radius 1 is 1.21 bits per heavy atom. The molecule has 2 aromatic carbocycles. The van der Waals surface area contributed by atoms with Crippen LogP contribution in [0.2, 0.25) is 5.02 Å². The molecule has 0 spiro atoms. The Labute approximate surface area is 171 Å². The number of aromatic nitrogens is 2. The number of aliphatic hydroxyl groups is 1. The molecular formula is C20H19ClFN3O2S. The predicted octanol–water partition coefficient (Wildman–Crippen LogP) is 3.62. The summed E-state index contributed by atoms with van der Waals surface area (Å²) >= 11 is 7.36. The highest BCUT2D eigenvalue weighted by Gasteiger charge is 2.13. The molecule has 8 heteroatoms. The summed E-state index contributed by atoms with van der Waals surface area (Å²) in [4.78, 5) is 16.5. The number of benzene rings is 2. The molecule has 5 nitrogen and oxygen atoms in total. The van der Waals surface area contributed by atoms with Gasteiger partial charge in [0.2, 0.25) is 5.91 Å². The van der Waals surface area contributed by atoms with Crippen LogP contribution in [0.5, 0.6) is 0 Å². The van der Waals surface area contributed by atoms with Crippen molar-refractivity contribution in [2.75, 3.05) is 5.75 Å². The number of nitrogens with one attached hydrogen (secondary N) is 1. The predicted molar refractivity (Wildman–Crippen MR) is 108 cm³/mol. The molecule has 0 radical (unpaired) electrons. The van der Waals surface area contributed by atoms with Gasteiger partial charge in [0, 0.05) is 18.1 Å². The first kappa shape index (κ1) is 20.4. The third kappa shape index (κ3) is 5.34. The smallest absolute Gasteiger partial charge is 0.230 e. The van der Waals surface area contributed by atoms with E-state index in [2.05, 4.69) is 10.3 Å². The molecule has 0 aliphatic rings. The lowest BCUT2D eigenvalue weighted by Crippen LogP contribution is -2.25. The van der Waals surface area contributed by atoms with Crippen LogP contribution >= 0.6 is 23.4 Å². The highest BCUT2D eigenvalue weighted by molar-refractivity contribution is 7.99. The summed E-state index contributed by atoms with van der Waals surface area (Å²) in [6, 6.07) is 13.5. The van der Waals surface area contributed by atoms with Crippen molar-refractivity contribution in [2.45, 2.75) is 24.9 Å². The van der Waals surface area contributed by atoms with Crippen molar-refractivity contribution in [3.63, 3.8) is 0 Å². The number of hydrogen-bond donors (Lipinski definition) is 2. The standard InChI is InChI=1S/C20H19ClFN3O2S/c21-18-4-2-1-3-15(18)9-23-19(27)13-28-20-24-10-17(12-26)25(20)11-14-5-7-16(22)8-6-14/h1-8,10,26H,9,11-13H2,(H,23,27). The zero-order valence-electron chi connectivity index (χ0n) is 14.9. The maximum absolute atomic E-state index is 13.1. The SMILES string of the molecule is O=C(CSc1ncc(CO)n1Cc1ccc(F)cc1)NCc1ccccc1Cl. The maximum atomic E-state index is 13.1. The number of carbonyl (C=O) groups excluding carboxylic acids is 1. The van der Waals surface area contributed by atoms with Crippen molar-refractivity contribution >= 4 is 29.3 Å². The number of hydrogen-bond acceptors (Lipinski definition) is 4. The second-order valence-corrected chi connectivity index (χ2v) is 7.41. The fourth-order valence-electron chi connectivity index (χ4n) is 2.59. The minimum Gasteiger partial charge on any atom is -0.390 e. The number of nitrogens with zero attached hydrogens (tertiary/aromatic N) is 2. The molecule has 3 rings (SSSR count). The number of aliphatic hydroxyl groups excluding tert-OH is 1. The van der Waals surface area contributed by atoms with Gasteiger partial charge in [-0.3, -0.25) is 4.79 Å². The van der Waals surface area contributed by atoms with E-state index in [9.17, 15) is 14.3 Å². The summed E-state index contributed by atoms with van der Waals surface area (Å²) in [5.41, 5.74) is 2.35.